The van der Waals surface area contributed by atoms with Crippen molar-refractivity contribution in [2.75, 3.05) is 20.1 Å². The lowest BCUT2D eigenvalue weighted by molar-refractivity contribution is -0.134. The molecule has 0 bridgehead atoms. The number of carbonyl (C=O) groups is 1. The van der Waals surface area contributed by atoms with E-state index in [0.717, 1.165) is 37.9 Å². The van der Waals surface area contributed by atoms with Crippen LogP contribution in [0.15, 0.2) is 29.2 Å². The molecule has 2 aliphatic rings. The molecule has 6 nitrogen and oxygen atoms in total. The number of carbonyl (C=O) groups excluding carboxylic acids is 1. The van der Waals surface area contributed by atoms with Gasteiger partial charge in [0.05, 0.1) is 10.9 Å². The molecular weight excluding hydrogens is 362 g/mol. The van der Waals surface area contributed by atoms with Gasteiger partial charge in [0, 0.05) is 13.0 Å². The third-order valence-corrected chi connectivity index (χ3v) is 6.64. The van der Waals surface area contributed by atoms with Gasteiger partial charge in [-0.3, -0.25) is 4.79 Å². The Kier molecular flexibility index (Phi) is 5.83. The SMILES string of the molecule is CC(c1ccc(S(N)(=O)=O)cc1)N(C)C(=O)C1CC12CCNCC2.Cl. The van der Waals surface area contributed by atoms with Crippen molar-refractivity contribution in [2.45, 2.75) is 37.1 Å². The summed E-state index contributed by atoms with van der Waals surface area (Å²) in [5.74, 6) is 0.329. The molecule has 0 radical (unpaired) electrons. The fraction of sp³-hybridized carbons (Fsp3) is 0.588. The summed E-state index contributed by atoms with van der Waals surface area (Å²) >= 11 is 0. The van der Waals surface area contributed by atoms with Crippen LogP contribution in [-0.2, 0) is 14.8 Å². The second-order valence-corrected chi connectivity index (χ2v) is 8.67. The Hall–Kier alpha value is -1.15. The van der Waals surface area contributed by atoms with E-state index in [2.05, 4.69) is 5.32 Å². The number of hydrogen-bond donors (Lipinski definition) is 2. The maximum atomic E-state index is 12.8. The number of benzene rings is 1. The highest BCUT2D eigenvalue weighted by Crippen LogP contribution is 2.59. The van der Waals surface area contributed by atoms with Crippen LogP contribution in [-0.4, -0.2) is 39.4 Å². The van der Waals surface area contributed by atoms with Crippen molar-refractivity contribution in [3.05, 3.63) is 29.8 Å². The Morgan fingerprint density at radius 1 is 1.28 bits per heavy atom. The van der Waals surface area contributed by atoms with Crippen LogP contribution in [0.1, 0.15) is 37.8 Å². The Morgan fingerprint density at radius 2 is 1.84 bits per heavy atom. The molecule has 1 aliphatic carbocycles. The highest BCUT2D eigenvalue weighted by Gasteiger charge is 2.58. The molecule has 1 heterocycles. The van der Waals surface area contributed by atoms with Crippen LogP contribution < -0.4 is 10.5 Å². The van der Waals surface area contributed by atoms with Gasteiger partial charge in [0.25, 0.3) is 0 Å². The van der Waals surface area contributed by atoms with Gasteiger partial charge in [-0.2, -0.15) is 0 Å². The fourth-order valence-corrected chi connectivity index (χ4v) is 4.29. The first-order valence-corrected chi connectivity index (χ1v) is 9.89. The normalized spacial score (nSPS) is 22.8. The molecule has 1 spiro atoms. The van der Waals surface area contributed by atoms with Crippen LogP contribution in [0.4, 0.5) is 0 Å². The molecule has 3 rings (SSSR count). The van der Waals surface area contributed by atoms with Crippen molar-refractivity contribution in [3.63, 3.8) is 0 Å². The average Bonchev–Trinajstić information content (AvgIpc) is 3.25. The Bertz CT molecular complexity index is 730. The predicted octanol–water partition coefficient (Wildman–Crippen LogP) is 1.66. The first kappa shape index (κ1) is 20.2. The molecule has 1 aromatic carbocycles. The summed E-state index contributed by atoms with van der Waals surface area (Å²) in [4.78, 5) is 14.7. The third-order valence-electron chi connectivity index (χ3n) is 5.71. The van der Waals surface area contributed by atoms with Crippen LogP contribution in [0.5, 0.6) is 0 Å². The van der Waals surface area contributed by atoms with E-state index >= 15 is 0 Å². The smallest absolute Gasteiger partial charge is 0.238 e. The van der Waals surface area contributed by atoms with Crippen molar-refractivity contribution < 1.29 is 13.2 Å². The minimum Gasteiger partial charge on any atom is -0.339 e. The zero-order valence-corrected chi connectivity index (χ0v) is 16.2. The number of rotatable bonds is 4. The van der Waals surface area contributed by atoms with E-state index < -0.39 is 10.0 Å². The summed E-state index contributed by atoms with van der Waals surface area (Å²) in [7, 11) is -1.86. The van der Waals surface area contributed by atoms with Crippen LogP contribution in [0.2, 0.25) is 0 Å². The highest BCUT2D eigenvalue weighted by atomic mass is 35.5. The molecule has 3 N–H and O–H groups in total. The second kappa shape index (κ2) is 7.23. The molecule has 8 heteroatoms. The minimum absolute atomic E-state index is 0. The number of amides is 1. The molecule has 25 heavy (non-hydrogen) atoms. The lowest BCUT2D eigenvalue weighted by Crippen LogP contribution is -2.35. The largest absolute Gasteiger partial charge is 0.339 e. The number of halogens is 1. The van der Waals surface area contributed by atoms with Gasteiger partial charge in [0.15, 0.2) is 0 Å². The minimum atomic E-state index is -3.69. The summed E-state index contributed by atoms with van der Waals surface area (Å²) in [6.07, 6.45) is 3.15. The monoisotopic (exact) mass is 387 g/mol. The zero-order chi connectivity index (χ0) is 17.5. The van der Waals surface area contributed by atoms with E-state index in [0.29, 0.717) is 0 Å². The number of primary sulfonamides is 1. The van der Waals surface area contributed by atoms with Crippen LogP contribution in [0.25, 0.3) is 0 Å². The number of nitrogens with one attached hydrogen (secondary N) is 1. The first-order valence-electron chi connectivity index (χ1n) is 8.35. The number of nitrogens with zero attached hydrogens (tertiary/aromatic N) is 1. The zero-order valence-electron chi connectivity index (χ0n) is 14.6. The van der Waals surface area contributed by atoms with E-state index in [9.17, 15) is 13.2 Å². The van der Waals surface area contributed by atoms with Gasteiger partial charge in [0.2, 0.25) is 15.9 Å². The second-order valence-electron chi connectivity index (χ2n) is 7.11. The molecule has 1 saturated heterocycles. The molecule has 2 unspecified atom stereocenters. The summed E-state index contributed by atoms with van der Waals surface area (Å²) in [5, 5.41) is 8.47. The molecule has 1 saturated carbocycles. The molecule has 1 amide bonds. The van der Waals surface area contributed by atoms with Gasteiger partial charge < -0.3 is 10.2 Å². The lowest BCUT2D eigenvalue weighted by atomic mass is 9.91. The van der Waals surface area contributed by atoms with E-state index in [1.54, 1.807) is 17.0 Å². The number of sulfonamides is 1. The maximum Gasteiger partial charge on any atom is 0.238 e. The summed E-state index contributed by atoms with van der Waals surface area (Å²) < 4.78 is 22.7. The standard InChI is InChI=1S/C17H25N3O3S.ClH/c1-12(13-3-5-14(6-4-13)24(18,22)23)20(2)16(21)15-11-17(15)7-9-19-10-8-17;/h3-6,12,15,19H,7-11H2,1-2H3,(H2,18,22,23);1H. The molecule has 1 aromatic rings. The van der Waals surface area contributed by atoms with E-state index in [1.807, 2.05) is 14.0 Å². The summed E-state index contributed by atoms with van der Waals surface area (Å²) in [6, 6.07) is 6.32. The quantitative estimate of drug-likeness (QED) is 0.821. The molecule has 2 fully saturated rings. The predicted molar refractivity (Wildman–Crippen MR) is 98.9 cm³/mol. The Labute approximate surface area is 155 Å². The van der Waals surface area contributed by atoms with E-state index in [1.165, 1.54) is 12.1 Å². The Morgan fingerprint density at radius 3 is 2.36 bits per heavy atom. The molecule has 0 aromatic heterocycles. The Balaban J connectivity index is 0.00000225. The molecule has 2 atom stereocenters. The van der Waals surface area contributed by atoms with Crippen molar-refractivity contribution in [3.8, 4) is 0 Å². The van der Waals surface area contributed by atoms with Crippen molar-refractivity contribution in [1.29, 1.82) is 0 Å². The molecule has 1 aliphatic heterocycles. The molecule has 140 valence electrons. The maximum absolute atomic E-state index is 12.8. The number of nitrogens with two attached hydrogens (primary N) is 1. The van der Waals surface area contributed by atoms with E-state index in [4.69, 9.17) is 5.14 Å². The fourth-order valence-electron chi connectivity index (χ4n) is 3.77. The van der Waals surface area contributed by atoms with Crippen molar-refractivity contribution >= 4 is 28.3 Å². The van der Waals surface area contributed by atoms with E-state index in [-0.39, 0.29) is 40.6 Å². The first-order chi connectivity index (χ1) is 11.2. The molecular formula is C17H26ClN3O3S. The lowest BCUT2D eigenvalue weighted by Gasteiger charge is -2.28. The van der Waals surface area contributed by atoms with Gasteiger partial charge in [-0.1, -0.05) is 12.1 Å². The van der Waals surface area contributed by atoms with Crippen molar-refractivity contribution in [1.82, 2.24) is 10.2 Å². The average molecular weight is 388 g/mol. The van der Waals surface area contributed by atoms with Gasteiger partial charge in [-0.15, -0.1) is 12.4 Å². The van der Waals surface area contributed by atoms with Crippen LogP contribution >= 0.6 is 12.4 Å². The van der Waals surface area contributed by atoms with Crippen LogP contribution in [0.3, 0.4) is 0 Å². The van der Waals surface area contributed by atoms with Crippen molar-refractivity contribution in [2.24, 2.45) is 16.5 Å². The van der Waals surface area contributed by atoms with Gasteiger partial charge in [-0.25, -0.2) is 13.6 Å². The summed E-state index contributed by atoms with van der Waals surface area (Å²) in [6.45, 7) is 3.96. The van der Waals surface area contributed by atoms with Gasteiger partial charge in [0.1, 0.15) is 0 Å². The topological polar surface area (TPSA) is 92.5 Å². The number of hydrogen-bond acceptors (Lipinski definition) is 4. The van der Waals surface area contributed by atoms with Gasteiger partial charge in [-0.05, 0) is 62.4 Å². The van der Waals surface area contributed by atoms with Crippen LogP contribution in [0, 0.1) is 11.3 Å². The van der Waals surface area contributed by atoms with Gasteiger partial charge >= 0.3 is 0 Å². The highest BCUT2D eigenvalue weighted by molar-refractivity contribution is 7.89. The summed E-state index contributed by atoms with van der Waals surface area (Å²) in [5.41, 5.74) is 1.12. The number of piperidine rings is 1. The third kappa shape index (κ3) is 4.00.